The zero-order valence-electron chi connectivity index (χ0n) is 15.6. The first-order valence-corrected chi connectivity index (χ1v) is 10.1. The second kappa shape index (κ2) is 5.34. The SMILES string of the molecule is CC1(O)CCC2(C)C(CCC3C4CCC(=CC#N)C4(C)CCC32)C1. The molecule has 7 unspecified atom stereocenters. The summed E-state index contributed by atoms with van der Waals surface area (Å²) in [5.41, 5.74) is 1.73. The molecule has 2 nitrogen and oxygen atoms in total. The standard InChI is InChI=1S/C22H33NO/c1-20(24)11-12-22(3)16(14-20)4-6-17-18-7-5-15(9-13-23)21(18,2)10-8-19(17)22/h9,16-19,24H,4-8,10-12,14H2,1-3H3. The summed E-state index contributed by atoms with van der Waals surface area (Å²) in [7, 11) is 0. The highest BCUT2D eigenvalue weighted by Gasteiger charge is 2.59. The second-order valence-corrected chi connectivity index (χ2v) is 10.2. The number of nitriles is 1. The van der Waals surface area contributed by atoms with E-state index in [9.17, 15) is 5.11 Å². The summed E-state index contributed by atoms with van der Waals surface area (Å²) in [5, 5.41) is 19.7. The Morgan fingerprint density at radius 3 is 2.58 bits per heavy atom. The lowest BCUT2D eigenvalue weighted by atomic mass is 9.44. The van der Waals surface area contributed by atoms with Gasteiger partial charge in [-0.05, 0) is 99.2 Å². The van der Waals surface area contributed by atoms with Crippen molar-refractivity contribution in [1.29, 1.82) is 5.26 Å². The maximum Gasteiger partial charge on any atom is 0.0911 e. The van der Waals surface area contributed by atoms with Gasteiger partial charge < -0.3 is 5.11 Å². The molecule has 4 aliphatic rings. The molecule has 2 heteroatoms. The fraction of sp³-hybridized carbons (Fsp3) is 0.864. The monoisotopic (exact) mass is 327 g/mol. The molecule has 0 bridgehead atoms. The van der Waals surface area contributed by atoms with Gasteiger partial charge in [0.15, 0.2) is 0 Å². The maximum absolute atomic E-state index is 10.6. The molecule has 0 aromatic heterocycles. The first-order valence-electron chi connectivity index (χ1n) is 10.1. The number of rotatable bonds is 0. The Kier molecular flexibility index (Phi) is 3.70. The minimum absolute atomic E-state index is 0.292. The molecule has 0 aromatic carbocycles. The Labute approximate surface area is 147 Å². The molecule has 0 saturated heterocycles. The highest BCUT2D eigenvalue weighted by Crippen LogP contribution is 2.67. The van der Waals surface area contributed by atoms with Gasteiger partial charge in [-0.15, -0.1) is 0 Å². The van der Waals surface area contributed by atoms with Gasteiger partial charge in [-0.2, -0.15) is 5.26 Å². The third-order valence-corrected chi connectivity index (χ3v) is 9.04. The first-order chi connectivity index (χ1) is 11.3. The van der Waals surface area contributed by atoms with Crippen molar-refractivity contribution in [3.8, 4) is 6.07 Å². The zero-order chi connectivity index (χ0) is 17.2. The predicted octanol–water partition coefficient (Wildman–Crippen LogP) is 5.23. The van der Waals surface area contributed by atoms with E-state index in [1.54, 1.807) is 0 Å². The van der Waals surface area contributed by atoms with Gasteiger partial charge in [0, 0.05) is 6.08 Å². The van der Waals surface area contributed by atoms with Crippen LogP contribution in [0.15, 0.2) is 11.6 Å². The Hall–Kier alpha value is -0.810. The van der Waals surface area contributed by atoms with E-state index in [0.29, 0.717) is 16.7 Å². The van der Waals surface area contributed by atoms with E-state index in [1.165, 1.54) is 44.1 Å². The van der Waals surface area contributed by atoms with Gasteiger partial charge in [-0.3, -0.25) is 0 Å². The quantitative estimate of drug-likeness (QED) is 0.619. The lowest BCUT2D eigenvalue weighted by Crippen LogP contribution is -2.55. The highest BCUT2D eigenvalue weighted by atomic mass is 16.3. The number of hydrogen-bond acceptors (Lipinski definition) is 2. The van der Waals surface area contributed by atoms with Crippen molar-refractivity contribution in [2.45, 2.75) is 84.2 Å². The van der Waals surface area contributed by atoms with Crippen LogP contribution in [0.2, 0.25) is 0 Å². The smallest absolute Gasteiger partial charge is 0.0911 e. The van der Waals surface area contributed by atoms with Crippen molar-refractivity contribution in [3.63, 3.8) is 0 Å². The Balaban J connectivity index is 1.62. The summed E-state index contributed by atoms with van der Waals surface area (Å²) in [6.07, 6.45) is 12.7. The zero-order valence-corrected chi connectivity index (χ0v) is 15.6. The fourth-order valence-corrected chi connectivity index (χ4v) is 7.59. The molecule has 4 rings (SSSR count). The molecule has 4 aliphatic carbocycles. The van der Waals surface area contributed by atoms with Crippen LogP contribution in [0, 0.1) is 45.8 Å². The number of nitrogens with zero attached hydrogens (tertiary/aromatic N) is 1. The van der Waals surface area contributed by atoms with E-state index in [4.69, 9.17) is 5.26 Å². The van der Waals surface area contributed by atoms with Crippen molar-refractivity contribution in [2.75, 3.05) is 0 Å². The molecular formula is C22H33NO. The molecular weight excluding hydrogens is 294 g/mol. The van der Waals surface area contributed by atoms with Crippen molar-refractivity contribution >= 4 is 0 Å². The predicted molar refractivity (Wildman–Crippen MR) is 96.0 cm³/mol. The molecule has 0 aromatic rings. The number of hydrogen-bond donors (Lipinski definition) is 1. The van der Waals surface area contributed by atoms with Crippen molar-refractivity contribution < 1.29 is 5.11 Å². The average molecular weight is 328 g/mol. The molecule has 4 saturated carbocycles. The average Bonchev–Trinajstić information content (AvgIpc) is 2.85. The summed E-state index contributed by atoms with van der Waals surface area (Å²) in [4.78, 5) is 0. The lowest BCUT2D eigenvalue weighted by molar-refractivity contribution is -0.139. The summed E-state index contributed by atoms with van der Waals surface area (Å²) in [6.45, 7) is 7.05. The summed E-state index contributed by atoms with van der Waals surface area (Å²) in [5.74, 6) is 3.18. The van der Waals surface area contributed by atoms with Gasteiger partial charge in [-0.25, -0.2) is 0 Å². The molecule has 1 N–H and O–H groups in total. The van der Waals surface area contributed by atoms with Crippen LogP contribution in [0.5, 0.6) is 0 Å². The van der Waals surface area contributed by atoms with E-state index in [-0.39, 0.29) is 0 Å². The topological polar surface area (TPSA) is 44.0 Å². The summed E-state index contributed by atoms with van der Waals surface area (Å²) >= 11 is 0. The number of fused-ring (bicyclic) bond motifs is 5. The molecule has 0 radical (unpaired) electrons. The van der Waals surface area contributed by atoms with E-state index < -0.39 is 5.60 Å². The normalized spacial score (nSPS) is 55.4. The third kappa shape index (κ3) is 2.23. The number of aliphatic hydroxyl groups is 1. The minimum Gasteiger partial charge on any atom is -0.390 e. The van der Waals surface area contributed by atoms with E-state index >= 15 is 0 Å². The van der Waals surface area contributed by atoms with Gasteiger partial charge >= 0.3 is 0 Å². The molecule has 132 valence electrons. The van der Waals surface area contributed by atoms with E-state index in [1.807, 2.05) is 13.0 Å². The van der Waals surface area contributed by atoms with Crippen LogP contribution >= 0.6 is 0 Å². The van der Waals surface area contributed by atoms with E-state index in [2.05, 4.69) is 19.9 Å². The van der Waals surface area contributed by atoms with Crippen LogP contribution in [-0.4, -0.2) is 10.7 Å². The molecule has 0 spiro atoms. The minimum atomic E-state index is -0.434. The molecule has 0 aliphatic heterocycles. The van der Waals surface area contributed by atoms with Crippen molar-refractivity contribution in [1.82, 2.24) is 0 Å². The van der Waals surface area contributed by atoms with E-state index in [0.717, 1.165) is 37.0 Å². The molecule has 0 heterocycles. The lowest BCUT2D eigenvalue weighted by Gasteiger charge is -2.61. The highest BCUT2D eigenvalue weighted by molar-refractivity contribution is 5.28. The van der Waals surface area contributed by atoms with Gasteiger partial charge in [0.1, 0.15) is 0 Å². The summed E-state index contributed by atoms with van der Waals surface area (Å²) in [6, 6.07) is 2.31. The Morgan fingerprint density at radius 2 is 1.83 bits per heavy atom. The van der Waals surface area contributed by atoms with Gasteiger partial charge in [0.25, 0.3) is 0 Å². The molecule has 4 fully saturated rings. The van der Waals surface area contributed by atoms with Crippen LogP contribution in [0.1, 0.15) is 78.6 Å². The second-order valence-electron chi connectivity index (χ2n) is 10.2. The molecule has 7 atom stereocenters. The van der Waals surface area contributed by atoms with Gasteiger partial charge in [-0.1, -0.05) is 19.4 Å². The Morgan fingerprint density at radius 1 is 1.04 bits per heavy atom. The number of allylic oxidation sites excluding steroid dienone is 2. The molecule has 0 amide bonds. The van der Waals surface area contributed by atoms with Crippen molar-refractivity contribution in [3.05, 3.63) is 11.6 Å². The first kappa shape index (κ1) is 16.6. The fourth-order valence-electron chi connectivity index (χ4n) is 7.59. The molecule has 24 heavy (non-hydrogen) atoms. The van der Waals surface area contributed by atoms with Crippen LogP contribution in [0.25, 0.3) is 0 Å². The largest absolute Gasteiger partial charge is 0.390 e. The Bertz CT molecular complexity index is 600. The van der Waals surface area contributed by atoms with Crippen LogP contribution < -0.4 is 0 Å². The van der Waals surface area contributed by atoms with Crippen molar-refractivity contribution in [2.24, 2.45) is 34.5 Å². The third-order valence-electron chi connectivity index (χ3n) is 9.04. The van der Waals surface area contributed by atoms with Crippen LogP contribution in [0.4, 0.5) is 0 Å². The van der Waals surface area contributed by atoms with Gasteiger partial charge in [0.05, 0.1) is 11.7 Å². The van der Waals surface area contributed by atoms with Crippen LogP contribution in [0.3, 0.4) is 0 Å². The maximum atomic E-state index is 10.6. The van der Waals surface area contributed by atoms with Gasteiger partial charge in [0.2, 0.25) is 0 Å². The van der Waals surface area contributed by atoms with Crippen LogP contribution in [-0.2, 0) is 0 Å². The summed E-state index contributed by atoms with van der Waals surface area (Å²) < 4.78 is 0.